The fourth-order valence-corrected chi connectivity index (χ4v) is 2.40. The zero-order chi connectivity index (χ0) is 14.1. The molecule has 20 heavy (non-hydrogen) atoms. The Morgan fingerprint density at radius 2 is 1.75 bits per heavy atom. The lowest BCUT2D eigenvalue weighted by Crippen LogP contribution is -2.03. The molecular weight excluding hydrogens is 248 g/mol. The Morgan fingerprint density at radius 3 is 2.55 bits per heavy atom. The number of pyridine rings is 1. The number of hydrogen-bond acceptors (Lipinski definition) is 4. The maximum absolute atomic E-state index is 4.38. The first kappa shape index (κ1) is 12.5. The van der Waals surface area contributed by atoms with Gasteiger partial charge in [-0.3, -0.25) is 4.98 Å². The fourth-order valence-electron chi connectivity index (χ4n) is 2.40. The Kier molecular flexibility index (Phi) is 3.06. The predicted molar refractivity (Wildman–Crippen MR) is 81.8 cm³/mol. The molecule has 0 fully saturated rings. The van der Waals surface area contributed by atoms with Crippen LogP contribution in [0.1, 0.15) is 11.1 Å². The molecule has 4 nitrogen and oxygen atoms in total. The number of nitrogens with one attached hydrogen (secondary N) is 1. The molecule has 100 valence electrons. The Bertz CT molecular complexity index is 775. The van der Waals surface area contributed by atoms with Crippen LogP contribution < -0.4 is 5.32 Å². The lowest BCUT2D eigenvalue weighted by Gasteiger charge is -2.12. The van der Waals surface area contributed by atoms with E-state index in [1.54, 1.807) is 0 Å². The molecule has 2 heterocycles. The van der Waals surface area contributed by atoms with E-state index in [-0.39, 0.29) is 0 Å². The van der Waals surface area contributed by atoms with E-state index in [4.69, 9.17) is 0 Å². The van der Waals surface area contributed by atoms with Gasteiger partial charge in [-0.05, 0) is 30.4 Å². The maximum atomic E-state index is 4.38. The van der Waals surface area contributed by atoms with E-state index in [0.717, 1.165) is 39.0 Å². The molecule has 1 aromatic carbocycles. The summed E-state index contributed by atoms with van der Waals surface area (Å²) in [6.07, 6.45) is 3.73. The first-order valence-corrected chi connectivity index (χ1v) is 6.57. The highest BCUT2D eigenvalue weighted by atomic mass is 15.2. The van der Waals surface area contributed by atoms with Gasteiger partial charge in [-0.1, -0.05) is 24.3 Å². The number of benzene rings is 1. The van der Waals surface area contributed by atoms with Crippen LogP contribution in [0.25, 0.3) is 22.0 Å². The Morgan fingerprint density at radius 1 is 0.950 bits per heavy atom. The van der Waals surface area contributed by atoms with E-state index >= 15 is 0 Å². The minimum Gasteiger partial charge on any atom is -0.371 e. The largest absolute Gasteiger partial charge is 0.371 e. The molecule has 0 aliphatic heterocycles. The van der Waals surface area contributed by atoms with Gasteiger partial charge in [-0.15, -0.1) is 10.2 Å². The van der Waals surface area contributed by atoms with Gasteiger partial charge in [0.25, 0.3) is 0 Å². The normalized spacial score (nSPS) is 10.8. The van der Waals surface area contributed by atoms with E-state index in [1.165, 1.54) is 0 Å². The van der Waals surface area contributed by atoms with Crippen molar-refractivity contribution in [1.82, 2.24) is 15.2 Å². The third-order valence-electron chi connectivity index (χ3n) is 3.68. The van der Waals surface area contributed by atoms with Crippen LogP contribution in [0, 0.1) is 13.8 Å². The van der Waals surface area contributed by atoms with Gasteiger partial charge in [0.1, 0.15) is 0 Å². The number of rotatable bonds is 2. The summed E-state index contributed by atoms with van der Waals surface area (Å²) >= 11 is 0. The molecule has 0 bridgehead atoms. The second kappa shape index (κ2) is 4.89. The Hall–Kier alpha value is -2.49. The van der Waals surface area contributed by atoms with Gasteiger partial charge >= 0.3 is 0 Å². The van der Waals surface area contributed by atoms with Crippen LogP contribution in [0.5, 0.6) is 0 Å². The van der Waals surface area contributed by atoms with Gasteiger partial charge in [-0.25, -0.2) is 0 Å². The molecule has 0 atom stereocenters. The van der Waals surface area contributed by atoms with Crippen molar-refractivity contribution in [2.24, 2.45) is 0 Å². The van der Waals surface area contributed by atoms with Crippen molar-refractivity contribution in [1.29, 1.82) is 0 Å². The number of nitrogens with zero attached hydrogens (tertiary/aromatic N) is 3. The average molecular weight is 264 g/mol. The zero-order valence-corrected chi connectivity index (χ0v) is 11.8. The van der Waals surface area contributed by atoms with Crippen molar-refractivity contribution in [3.63, 3.8) is 0 Å². The van der Waals surface area contributed by atoms with Crippen LogP contribution in [0.3, 0.4) is 0 Å². The minimum atomic E-state index is 0.819. The van der Waals surface area contributed by atoms with Crippen molar-refractivity contribution in [2.45, 2.75) is 13.8 Å². The molecule has 0 amide bonds. The number of aromatic nitrogens is 3. The van der Waals surface area contributed by atoms with Crippen molar-refractivity contribution in [3.8, 4) is 11.3 Å². The molecule has 0 spiro atoms. The molecule has 0 saturated heterocycles. The van der Waals surface area contributed by atoms with Gasteiger partial charge in [-0.2, -0.15) is 0 Å². The van der Waals surface area contributed by atoms with Gasteiger partial charge < -0.3 is 5.32 Å². The van der Waals surface area contributed by atoms with Crippen LogP contribution in [0.4, 0.5) is 5.82 Å². The molecule has 0 saturated carbocycles. The quantitative estimate of drug-likeness (QED) is 0.771. The molecule has 3 aromatic rings. The zero-order valence-electron chi connectivity index (χ0n) is 11.8. The van der Waals surface area contributed by atoms with Crippen molar-refractivity contribution in [3.05, 3.63) is 47.8 Å². The molecule has 0 aliphatic rings. The highest BCUT2D eigenvalue weighted by Crippen LogP contribution is 2.30. The van der Waals surface area contributed by atoms with Crippen molar-refractivity contribution < 1.29 is 0 Å². The van der Waals surface area contributed by atoms with E-state index in [2.05, 4.69) is 46.5 Å². The fraction of sp³-hybridized carbons (Fsp3) is 0.188. The smallest absolute Gasteiger partial charge is 0.151 e. The van der Waals surface area contributed by atoms with Crippen molar-refractivity contribution >= 4 is 16.6 Å². The molecule has 3 rings (SSSR count). The molecule has 4 heteroatoms. The van der Waals surface area contributed by atoms with Crippen LogP contribution in [0.2, 0.25) is 0 Å². The van der Waals surface area contributed by atoms with Crippen LogP contribution in [-0.4, -0.2) is 22.2 Å². The van der Waals surface area contributed by atoms with Crippen LogP contribution >= 0.6 is 0 Å². The van der Waals surface area contributed by atoms with Gasteiger partial charge in [0.15, 0.2) is 5.82 Å². The summed E-state index contributed by atoms with van der Waals surface area (Å²) in [6, 6.07) is 8.20. The number of fused-ring (bicyclic) bond motifs is 1. The van der Waals surface area contributed by atoms with E-state index < -0.39 is 0 Å². The topological polar surface area (TPSA) is 50.7 Å². The summed E-state index contributed by atoms with van der Waals surface area (Å²) in [5.41, 5.74) is 4.16. The third-order valence-corrected chi connectivity index (χ3v) is 3.68. The SMILES string of the molecule is CNc1nnc(-c2cncc3ccccc23)c(C)c1C. The summed E-state index contributed by atoms with van der Waals surface area (Å²) in [5.74, 6) is 0.819. The van der Waals surface area contributed by atoms with E-state index in [0.29, 0.717) is 0 Å². The summed E-state index contributed by atoms with van der Waals surface area (Å²) in [6.45, 7) is 4.12. The number of anilines is 1. The molecule has 1 N–H and O–H groups in total. The molecular formula is C16H16N4. The van der Waals surface area contributed by atoms with Gasteiger partial charge in [0, 0.05) is 30.4 Å². The van der Waals surface area contributed by atoms with Crippen LogP contribution in [-0.2, 0) is 0 Å². The maximum Gasteiger partial charge on any atom is 0.151 e. The van der Waals surface area contributed by atoms with E-state index in [1.807, 2.05) is 31.6 Å². The number of hydrogen-bond donors (Lipinski definition) is 1. The van der Waals surface area contributed by atoms with E-state index in [9.17, 15) is 0 Å². The second-order valence-electron chi connectivity index (χ2n) is 4.81. The molecule has 0 aliphatic carbocycles. The summed E-state index contributed by atoms with van der Waals surface area (Å²) in [5, 5.41) is 14.0. The van der Waals surface area contributed by atoms with Gasteiger partial charge in [0.2, 0.25) is 0 Å². The second-order valence-corrected chi connectivity index (χ2v) is 4.81. The highest BCUT2D eigenvalue weighted by Gasteiger charge is 2.13. The summed E-state index contributed by atoms with van der Waals surface area (Å²) in [4.78, 5) is 4.32. The molecule has 0 radical (unpaired) electrons. The Labute approximate surface area is 117 Å². The summed E-state index contributed by atoms with van der Waals surface area (Å²) in [7, 11) is 1.86. The monoisotopic (exact) mass is 264 g/mol. The standard InChI is InChI=1S/C16H16N4/c1-10-11(2)16(17-3)20-19-15(10)14-9-18-8-12-6-4-5-7-13(12)14/h4-9H,1-3H3,(H,17,20). The minimum absolute atomic E-state index is 0.819. The average Bonchev–Trinajstić information content (AvgIpc) is 2.50. The predicted octanol–water partition coefficient (Wildman–Crippen LogP) is 3.35. The highest BCUT2D eigenvalue weighted by molar-refractivity contribution is 5.95. The lowest BCUT2D eigenvalue weighted by atomic mass is 10.0. The Balaban J connectivity index is 2.29. The first-order chi connectivity index (χ1) is 9.72. The lowest BCUT2D eigenvalue weighted by molar-refractivity contribution is 1.00. The van der Waals surface area contributed by atoms with Crippen molar-refractivity contribution in [2.75, 3.05) is 12.4 Å². The molecule has 0 unspecified atom stereocenters. The third kappa shape index (κ3) is 1.90. The van der Waals surface area contributed by atoms with Gasteiger partial charge in [0.05, 0.1) is 5.69 Å². The van der Waals surface area contributed by atoms with Crippen LogP contribution in [0.15, 0.2) is 36.7 Å². The first-order valence-electron chi connectivity index (χ1n) is 6.57. The summed E-state index contributed by atoms with van der Waals surface area (Å²) < 4.78 is 0. The molecule has 2 aromatic heterocycles.